The number of hydrogen-bond acceptors (Lipinski definition) is 2. The molecule has 0 aliphatic heterocycles. The molecule has 0 aromatic heterocycles. The first kappa shape index (κ1) is 15.5. The van der Waals surface area contributed by atoms with Gasteiger partial charge in [0, 0.05) is 12.6 Å². The first-order valence-electron chi connectivity index (χ1n) is 8.09. The SMILES string of the molecule is CCNC(CCN(C)CC1CC1C)c1ccccc1C. The summed E-state index contributed by atoms with van der Waals surface area (Å²) in [6, 6.07) is 9.26. The number of hydrogen-bond donors (Lipinski definition) is 1. The molecule has 0 saturated heterocycles. The molecular formula is C18H30N2. The molecule has 2 rings (SSSR count). The molecule has 20 heavy (non-hydrogen) atoms. The molecule has 2 heteroatoms. The predicted octanol–water partition coefficient (Wildman–Crippen LogP) is 3.62. The Morgan fingerprint density at radius 3 is 2.65 bits per heavy atom. The number of nitrogens with zero attached hydrogens (tertiary/aromatic N) is 1. The van der Waals surface area contributed by atoms with Crippen LogP contribution in [0.25, 0.3) is 0 Å². The van der Waals surface area contributed by atoms with Crippen molar-refractivity contribution >= 4 is 0 Å². The minimum absolute atomic E-state index is 0.486. The fourth-order valence-corrected chi connectivity index (χ4v) is 3.09. The molecule has 0 heterocycles. The molecule has 1 aromatic rings. The quantitative estimate of drug-likeness (QED) is 0.779. The molecule has 1 N–H and O–H groups in total. The van der Waals surface area contributed by atoms with E-state index < -0.39 is 0 Å². The first-order valence-corrected chi connectivity index (χ1v) is 8.09. The Labute approximate surface area is 124 Å². The van der Waals surface area contributed by atoms with Gasteiger partial charge in [0.1, 0.15) is 0 Å². The van der Waals surface area contributed by atoms with Gasteiger partial charge in [-0.3, -0.25) is 0 Å². The number of benzene rings is 1. The highest BCUT2D eigenvalue weighted by molar-refractivity contribution is 5.28. The zero-order chi connectivity index (χ0) is 14.5. The average molecular weight is 274 g/mol. The topological polar surface area (TPSA) is 15.3 Å². The summed E-state index contributed by atoms with van der Waals surface area (Å²) in [4.78, 5) is 2.51. The summed E-state index contributed by atoms with van der Waals surface area (Å²) in [5, 5.41) is 3.65. The Bertz CT molecular complexity index is 416. The molecule has 0 amide bonds. The van der Waals surface area contributed by atoms with Crippen LogP contribution >= 0.6 is 0 Å². The Balaban J connectivity index is 1.87. The molecule has 1 aliphatic rings. The molecule has 1 aromatic carbocycles. The van der Waals surface area contributed by atoms with Gasteiger partial charge in [-0.2, -0.15) is 0 Å². The monoisotopic (exact) mass is 274 g/mol. The third-order valence-corrected chi connectivity index (χ3v) is 4.64. The predicted molar refractivity (Wildman–Crippen MR) is 87.0 cm³/mol. The second-order valence-corrected chi connectivity index (χ2v) is 6.49. The van der Waals surface area contributed by atoms with Crippen molar-refractivity contribution in [3.8, 4) is 0 Å². The standard InChI is InChI=1S/C18H30N2/c1-5-19-18(17-9-7-6-8-14(17)2)10-11-20(4)13-16-12-15(16)3/h6-9,15-16,18-19H,5,10-13H2,1-4H3. The van der Waals surface area contributed by atoms with Crippen molar-refractivity contribution in [2.75, 3.05) is 26.7 Å². The number of rotatable bonds is 8. The summed E-state index contributed by atoms with van der Waals surface area (Å²) in [5.74, 6) is 1.91. The van der Waals surface area contributed by atoms with E-state index >= 15 is 0 Å². The maximum absolute atomic E-state index is 3.65. The van der Waals surface area contributed by atoms with Gasteiger partial charge in [0.25, 0.3) is 0 Å². The first-order chi connectivity index (χ1) is 9.61. The fraction of sp³-hybridized carbons (Fsp3) is 0.667. The van der Waals surface area contributed by atoms with Crippen LogP contribution in [0.5, 0.6) is 0 Å². The van der Waals surface area contributed by atoms with E-state index in [9.17, 15) is 0 Å². The highest BCUT2D eigenvalue weighted by Gasteiger charge is 2.33. The largest absolute Gasteiger partial charge is 0.310 e. The van der Waals surface area contributed by atoms with Gasteiger partial charge in [0.15, 0.2) is 0 Å². The van der Waals surface area contributed by atoms with E-state index in [-0.39, 0.29) is 0 Å². The summed E-state index contributed by atoms with van der Waals surface area (Å²) < 4.78 is 0. The minimum Gasteiger partial charge on any atom is -0.310 e. The van der Waals surface area contributed by atoms with Crippen LogP contribution in [0.4, 0.5) is 0 Å². The van der Waals surface area contributed by atoms with Crippen LogP contribution < -0.4 is 5.32 Å². The lowest BCUT2D eigenvalue weighted by atomic mass is 9.98. The average Bonchev–Trinajstić information content (AvgIpc) is 3.11. The van der Waals surface area contributed by atoms with Gasteiger partial charge >= 0.3 is 0 Å². The maximum Gasteiger partial charge on any atom is 0.0334 e. The van der Waals surface area contributed by atoms with Crippen LogP contribution in [0.3, 0.4) is 0 Å². The van der Waals surface area contributed by atoms with E-state index in [1.165, 1.54) is 37.1 Å². The van der Waals surface area contributed by atoms with Crippen LogP contribution in [-0.4, -0.2) is 31.6 Å². The van der Waals surface area contributed by atoms with E-state index in [1.807, 2.05) is 0 Å². The van der Waals surface area contributed by atoms with E-state index in [0.717, 1.165) is 18.4 Å². The van der Waals surface area contributed by atoms with Gasteiger partial charge in [-0.25, -0.2) is 0 Å². The Hall–Kier alpha value is -0.860. The van der Waals surface area contributed by atoms with Crippen molar-refractivity contribution in [1.82, 2.24) is 10.2 Å². The van der Waals surface area contributed by atoms with E-state index in [2.05, 4.69) is 62.3 Å². The summed E-state index contributed by atoms with van der Waals surface area (Å²) in [5.41, 5.74) is 2.86. The Morgan fingerprint density at radius 2 is 2.05 bits per heavy atom. The molecular weight excluding hydrogens is 244 g/mol. The molecule has 1 aliphatic carbocycles. The zero-order valence-corrected chi connectivity index (χ0v) is 13.5. The molecule has 3 atom stereocenters. The van der Waals surface area contributed by atoms with Gasteiger partial charge in [0.2, 0.25) is 0 Å². The zero-order valence-electron chi connectivity index (χ0n) is 13.5. The van der Waals surface area contributed by atoms with Crippen molar-refractivity contribution in [1.29, 1.82) is 0 Å². The smallest absolute Gasteiger partial charge is 0.0334 e. The van der Waals surface area contributed by atoms with Crippen molar-refractivity contribution < 1.29 is 0 Å². The van der Waals surface area contributed by atoms with Crippen molar-refractivity contribution in [3.05, 3.63) is 35.4 Å². The van der Waals surface area contributed by atoms with Gasteiger partial charge in [-0.15, -0.1) is 0 Å². The van der Waals surface area contributed by atoms with E-state index in [1.54, 1.807) is 0 Å². The molecule has 112 valence electrons. The molecule has 0 spiro atoms. The molecule has 2 nitrogen and oxygen atoms in total. The van der Waals surface area contributed by atoms with Crippen molar-refractivity contribution in [3.63, 3.8) is 0 Å². The van der Waals surface area contributed by atoms with Gasteiger partial charge in [-0.05, 0) is 62.9 Å². The lowest BCUT2D eigenvalue weighted by Crippen LogP contribution is -2.29. The Morgan fingerprint density at radius 1 is 1.35 bits per heavy atom. The second-order valence-electron chi connectivity index (χ2n) is 6.49. The molecule has 1 saturated carbocycles. The van der Waals surface area contributed by atoms with E-state index in [0.29, 0.717) is 6.04 Å². The third kappa shape index (κ3) is 4.32. The maximum atomic E-state index is 3.65. The summed E-state index contributed by atoms with van der Waals surface area (Å²) >= 11 is 0. The second kappa shape index (κ2) is 7.24. The lowest BCUT2D eigenvalue weighted by molar-refractivity contribution is 0.293. The van der Waals surface area contributed by atoms with Gasteiger partial charge in [-0.1, -0.05) is 38.1 Å². The minimum atomic E-state index is 0.486. The third-order valence-electron chi connectivity index (χ3n) is 4.64. The number of aryl methyl sites for hydroxylation is 1. The summed E-state index contributed by atoms with van der Waals surface area (Å²) in [6.07, 6.45) is 2.62. The molecule has 3 unspecified atom stereocenters. The highest BCUT2D eigenvalue weighted by atomic mass is 15.1. The normalized spacial score (nSPS) is 23.1. The van der Waals surface area contributed by atoms with Crippen molar-refractivity contribution in [2.45, 2.75) is 39.7 Å². The Kier molecular flexibility index (Phi) is 5.62. The van der Waals surface area contributed by atoms with Crippen LogP contribution in [0.2, 0.25) is 0 Å². The van der Waals surface area contributed by atoms with Crippen LogP contribution in [0, 0.1) is 18.8 Å². The van der Waals surface area contributed by atoms with Gasteiger partial charge < -0.3 is 10.2 Å². The molecule has 0 radical (unpaired) electrons. The molecule has 1 fully saturated rings. The fourth-order valence-electron chi connectivity index (χ4n) is 3.09. The van der Waals surface area contributed by atoms with Crippen molar-refractivity contribution in [2.24, 2.45) is 11.8 Å². The summed E-state index contributed by atoms with van der Waals surface area (Å²) in [7, 11) is 2.27. The number of nitrogens with one attached hydrogen (secondary N) is 1. The van der Waals surface area contributed by atoms with Crippen LogP contribution in [0.1, 0.15) is 43.9 Å². The highest BCUT2D eigenvalue weighted by Crippen LogP contribution is 2.38. The van der Waals surface area contributed by atoms with E-state index in [4.69, 9.17) is 0 Å². The van der Waals surface area contributed by atoms with Crippen LogP contribution in [-0.2, 0) is 0 Å². The van der Waals surface area contributed by atoms with Crippen LogP contribution in [0.15, 0.2) is 24.3 Å². The lowest BCUT2D eigenvalue weighted by Gasteiger charge is -2.24. The van der Waals surface area contributed by atoms with Gasteiger partial charge in [0.05, 0.1) is 0 Å². The molecule has 0 bridgehead atoms. The summed E-state index contributed by atoms with van der Waals surface area (Å²) in [6.45, 7) is 10.3.